The molecular weight excluding hydrogens is 398 g/mol. The average molecular weight is 416 g/mol. The number of amides is 2. The van der Waals surface area contributed by atoms with E-state index in [-0.39, 0.29) is 17.0 Å². The van der Waals surface area contributed by atoms with Crippen molar-refractivity contribution in [2.24, 2.45) is 0 Å². The summed E-state index contributed by atoms with van der Waals surface area (Å²) < 4.78 is 27.4. The number of hydrogen-bond donors (Lipinski definition) is 0. The summed E-state index contributed by atoms with van der Waals surface area (Å²) in [6.07, 6.45) is 0.744. The van der Waals surface area contributed by atoms with E-state index in [4.69, 9.17) is 0 Å². The molecule has 0 aliphatic carbocycles. The Morgan fingerprint density at radius 2 is 1.58 bits per heavy atom. The first-order chi connectivity index (χ1) is 15.0. The summed E-state index contributed by atoms with van der Waals surface area (Å²) >= 11 is 0. The maximum Gasteiger partial charge on any atom is 0.282 e. The first-order valence-corrected chi connectivity index (χ1v) is 9.96. The van der Waals surface area contributed by atoms with Crippen molar-refractivity contribution in [2.45, 2.75) is 13.3 Å². The molecule has 0 saturated carbocycles. The SMILES string of the molecule is Cc1ccc(C2=C(N3CCc4ccccc43)C(=O)N(c3ccc(F)c(F)c3)C2=O)cc1. The van der Waals surface area contributed by atoms with Crippen LogP contribution in [0.2, 0.25) is 0 Å². The van der Waals surface area contributed by atoms with Crippen molar-refractivity contribution >= 4 is 28.8 Å². The van der Waals surface area contributed by atoms with Crippen LogP contribution >= 0.6 is 0 Å². The molecule has 0 aromatic heterocycles. The monoisotopic (exact) mass is 416 g/mol. The molecule has 0 fully saturated rings. The van der Waals surface area contributed by atoms with Crippen molar-refractivity contribution in [2.75, 3.05) is 16.3 Å². The maximum absolute atomic E-state index is 13.9. The number of rotatable bonds is 3. The quantitative estimate of drug-likeness (QED) is 0.585. The molecule has 3 aromatic rings. The molecule has 2 aliphatic heterocycles. The minimum absolute atomic E-state index is 0.000920. The van der Waals surface area contributed by atoms with Gasteiger partial charge in [0.1, 0.15) is 5.70 Å². The second-order valence-corrected chi connectivity index (χ2v) is 7.66. The molecule has 0 N–H and O–H groups in total. The first-order valence-electron chi connectivity index (χ1n) is 9.96. The molecule has 2 aliphatic rings. The Morgan fingerprint density at radius 3 is 2.32 bits per heavy atom. The van der Waals surface area contributed by atoms with Gasteiger partial charge in [-0.25, -0.2) is 13.7 Å². The number of imide groups is 1. The topological polar surface area (TPSA) is 40.6 Å². The van der Waals surface area contributed by atoms with E-state index in [1.165, 1.54) is 6.07 Å². The van der Waals surface area contributed by atoms with E-state index >= 15 is 0 Å². The number of carbonyl (C=O) groups is 2. The number of benzene rings is 3. The highest BCUT2D eigenvalue weighted by Crippen LogP contribution is 2.40. The molecule has 2 amide bonds. The molecule has 0 saturated heterocycles. The third-order valence-corrected chi connectivity index (χ3v) is 5.72. The van der Waals surface area contributed by atoms with Crippen LogP contribution in [-0.4, -0.2) is 18.4 Å². The number of halogens is 2. The highest BCUT2D eigenvalue weighted by Gasteiger charge is 2.44. The Bertz CT molecular complexity index is 1260. The zero-order chi connectivity index (χ0) is 21.7. The minimum atomic E-state index is -1.12. The summed E-state index contributed by atoms with van der Waals surface area (Å²) in [7, 11) is 0. The van der Waals surface area contributed by atoms with Crippen LogP contribution in [0.1, 0.15) is 16.7 Å². The molecule has 0 spiro atoms. The fourth-order valence-electron chi connectivity index (χ4n) is 4.18. The van der Waals surface area contributed by atoms with Crippen molar-refractivity contribution in [1.29, 1.82) is 0 Å². The Morgan fingerprint density at radius 1 is 0.839 bits per heavy atom. The van der Waals surface area contributed by atoms with E-state index in [9.17, 15) is 18.4 Å². The van der Waals surface area contributed by atoms with Crippen molar-refractivity contribution < 1.29 is 18.4 Å². The zero-order valence-corrected chi connectivity index (χ0v) is 16.7. The van der Waals surface area contributed by atoms with Crippen LogP contribution in [0, 0.1) is 18.6 Å². The van der Waals surface area contributed by atoms with E-state index < -0.39 is 23.4 Å². The van der Waals surface area contributed by atoms with Gasteiger partial charge in [0.15, 0.2) is 11.6 Å². The van der Waals surface area contributed by atoms with Gasteiger partial charge in [-0.2, -0.15) is 0 Å². The first kappa shape index (κ1) is 19.2. The smallest absolute Gasteiger partial charge is 0.282 e. The fourth-order valence-corrected chi connectivity index (χ4v) is 4.18. The number of anilines is 2. The minimum Gasteiger partial charge on any atom is -0.336 e. The van der Waals surface area contributed by atoms with Gasteiger partial charge in [0.25, 0.3) is 11.8 Å². The molecule has 5 rings (SSSR count). The molecule has 0 unspecified atom stereocenters. The predicted octanol–water partition coefficient (Wildman–Crippen LogP) is 4.62. The summed E-state index contributed by atoms with van der Waals surface area (Å²) in [5, 5.41) is 0. The molecule has 31 heavy (non-hydrogen) atoms. The lowest BCUT2D eigenvalue weighted by Gasteiger charge is -2.22. The van der Waals surface area contributed by atoms with Crippen LogP contribution in [-0.2, 0) is 16.0 Å². The lowest BCUT2D eigenvalue weighted by molar-refractivity contribution is -0.120. The predicted molar refractivity (Wildman–Crippen MR) is 114 cm³/mol. The molecule has 6 heteroatoms. The lowest BCUT2D eigenvalue weighted by atomic mass is 10.0. The molecule has 0 atom stereocenters. The Labute approximate surface area is 178 Å². The second-order valence-electron chi connectivity index (χ2n) is 7.66. The molecule has 4 nitrogen and oxygen atoms in total. The number of aryl methyl sites for hydroxylation is 1. The van der Waals surface area contributed by atoms with E-state index in [0.717, 1.165) is 40.3 Å². The second kappa shape index (κ2) is 7.16. The fraction of sp³-hybridized carbons (Fsp3) is 0.120. The van der Waals surface area contributed by atoms with Gasteiger partial charge in [0.05, 0.1) is 11.3 Å². The summed E-state index contributed by atoms with van der Waals surface area (Å²) in [6.45, 7) is 2.49. The van der Waals surface area contributed by atoms with Gasteiger partial charge in [-0.3, -0.25) is 9.59 Å². The standard InChI is InChI=1S/C25H18F2N2O2/c1-15-6-8-17(9-7-15)22-23(28-13-12-16-4-2-3-5-21(16)28)25(31)29(24(22)30)18-10-11-19(26)20(27)14-18/h2-11,14H,12-13H2,1H3. The van der Waals surface area contributed by atoms with Crippen LogP contribution in [0.3, 0.4) is 0 Å². The van der Waals surface area contributed by atoms with Crippen molar-refractivity contribution in [3.8, 4) is 0 Å². The van der Waals surface area contributed by atoms with E-state index in [0.29, 0.717) is 12.1 Å². The molecule has 2 heterocycles. The van der Waals surface area contributed by atoms with Gasteiger partial charge in [-0.05, 0) is 42.7 Å². The lowest BCUT2D eigenvalue weighted by Crippen LogP contribution is -2.35. The molecule has 0 bridgehead atoms. The molecule has 0 radical (unpaired) electrons. The molecular formula is C25H18F2N2O2. The van der Waals surface area contributed by atoms with E-state index in [1.54, 1.807) is 12.1 Å². The normalized spacial score (nSPS) is 15.8. The summed E-state index contributed by atoms with van der Waals surface area (Å²) in [5.41, 5.74) is 4.09. The molecule has 154 valence electrons. The van der Waals surface area contributed by atoms with E-state index in [2.05, 4.69) is 0 Å². The Kier molecular flexibility index (Phi) is 4.43. The third kappa shape index (κ3) is 3.03. The van der Waals surface area contributed by atoms with Gasteiger partial charge in [0.2, 0.25) is 0 Å². The van der Waals surface area contributed by atoms with E-state index in [1.807, 2.05) is 48.2 Å². The van der Waals surface area contributed by atoms with Gasteiger partial charge in [0, 0.05) is 18.3 Å². The van der Waals surface area contributed by atoms with Gasteiger partial charge >= 0.3 is 0 Å². The number of fused-ring (bicyclic) bond motifs is 1. The Hall–Kier alpha value is -3.80. The van der Waals surface area contributed by atoms with Crippen molar-refractivity contribution in [1.82, 2.24) is 0 Å². The maximum atomic E-state index is 13.9. The van der Waals surface area contributed by atoms with Crippen LogP contribution in [0.15, 0.2) is 72.4 Å². The Balaban J connectivity index is 1.68. The van der Waals surface area contributed by atoms with Gasteiger partial charge in [-0.15, -0.1) is 0 Å². The van der Waals surface area contributed by atoms with Gasteiger partial charge in [-0.1, -0.05) is 48.0 Å². The highest BCUT2D eigenvalue weighted by molar-refractivity contribution is 6.46. The van der Waals surface area contributed by atoms with Crippen molar-refractivity contribution in [3.05, 3.63) is 101 Å². The largest absolute Gasteiger partial charge is 0.336 e. The summed E-state index contributed by atoms with van der Waals surface area (Å²) in [4.78, 5) is 29.8. The number of hydrogen-bond acceptors (Lipinski definition) is 3. The van der Waals surface area contributed by atoms with Crippen LogP contribution < -0.4 is 9.80 Å². The number of carbonyl (C=O) groups excluding carboxylic acids is 2. The highest BCUT2D eigenvalue weighted by atomic mass is 19.2. The average Bonchev–Trinajstić information content (AvgIpc) is 3.29. The number of nitrogens with zero attached hydrogens (tertiary/aromatic N) is 2. The van der Waals surface area contributed by atoms with Crippen molar-refractivity contribution in [3.63, 3.8) is 0 Å². The van der Waals surface area contributed by atoms with Crippen LogP contribution in [0.5, 0.6) is 0 Å². The third-order valence-electron chi connectivity index (χ3n) is 5.72. The molecule has 3 aromatic carbocycles. The number of para-hydroxylation sites is 1. The van der Waals surface area contributed by atoms with Gasteiger partial charge < -0.3 is 4.90 Å². The zero-order valence-electron chi connectivity index (χ0n) is 16.7. The van der Waals surface area contributed by atoms with Crippen LogP contribution in [0.25, 0.3) is 5.57 Å². The summed E-state index contributed by atoms with van der Waals surface area (Å²) in [5.74, 6) is -3.26. The summed E-state index contributed by atoms with van der Waals surface area (Å²) in [6, 6.07) is 18.1. The van der Waals surface area contributed by atoms with Crippen LogP contribution in [0.4, 0.5) is 20.2 Å².